The zero-order valence-electron chi connectivity index (χ0n) is 11.4. The van der Waals surface area contributed by atoms with Crippen molar-refractivity contribution in [2.45, 2.75) is 6.54 Å². The molecule has 4 nitrogen and oxygen atoms in total. The Morgan fingerprint density at radius 3 is 2.68 bits per heavy atom. The fraction of sp³-hybridized carbons (Fsp3) is 0.538. The Labute approximate surface area is 126 Å². The fourth-order valence-electron chi connectivity index (χ4n) is 1.65. The molecule has 0 atom stereocenters. The van der Waals surface area contributed by atoms with Gasteiger partial charge in [-0.15, -0.1) is 12.4 Å². The van der Waals surface area contributed by atoms with Crippen LogP contribution in [0.1, 0.15) is 5.56 Å². The van der Waals surface area contributed by atoms with Crippen molar-refractivity contribution in [1.82, 2.24) is 4.90 Å². The van der Waals surface area contributed by atoms with Crippen LogP contribution in [0, 0.1) is 0 Å². The molecule has 1 rings (SSSR count). The molecule has 1 aromatic rings. The average Bonchev–Trinajstić information content (AvgIpc) is 2.35. The Hall–Kier alpha value is -0.520. The van der Waals surface area contributed by atoms with Crippen molar-refractivity contribution in [1.29, 1.82) is 0 Å². The first-order valence-electron chi connectivity index (χ1n) is 5.96. The van der Waals surface area contributed by atoms with E-state index in [1.165, 1.54) is 0 Å². The Morgan fingerprint density at radius 1 is 1.32 bits per heavy atom. The van der Waals surface area contributed by atoms with Gasteiger partial charge in [0.15, 0.2) is 0 Å². The van der Waals surface area contributed by atoms with Crippen LogP contribution in [0.4, 0.5) is 0 Å². The van der Waals surface area contributed by atoms with E-state index in [-0.39, 0.29) is 12.4 Å². The maximum atomic E-state index is 5.99. The number of benzene rings is 1. The summed E-state index contributed by atoms with van der Waals surface area (Å²) in [4.78, 5) is 2.16. The van der Waals surface area contributed by atoms with Gasteiger partial charge in [0.25, 0.3) is 0 Å². The van der Waals surface area contributed by atoms with Crippen LogP contribution in [0.3, 0.4) is 0 Å². The molecule has 0 fully saturated rings. The summed E-state index contributed by atoms with van der Waals surface area (Å²) in [5.74, 6) is 0.856. The summed E-state index contributed by atoms with van der Waals surface area (Å²) >= 11 is 5.99. The molecule has 19 heavy (non-hydrogen) atoms. The number of nitrogens with zero attached hydrogens (tertiary/aromatic N) is 1. The van der Waals surface area contributed by atoms with Crippen LogP contribution in [-0.4, -0.2) is 45.4 Å². The van der Waals surface area contributed by atoms with E-state index in [0.29, 0.717) is 19.8 Å². The Balaban J connectivity index is 0.00000324. The van der Waals surface area contributed by atoms with Gasteiger partial charge in [0.05, 0.1) is 20.3 Å². The third-order valence-electron chi connectivity index (χ3n) is 2.56. The molecule has 0 saturated carbocycles. The van der Waals surface area contributed by atoms with Crippen molar-refractivity contribution in [3.8, 4) is 5.75 Å². The third-order valence-corrected chi connectivity index (χ3v) is 2.80. The number of likely N-dealkylation sites (N-methyl/N-ethyl adjacent to an activating group) is 1. The van der Waals surface area contributed by atoms with Crippen molar-refractivity contribution in [3.05, 3.63) is 28.8 Å². The molecule has 0 unspecified atom stereocenters. The van der Waals surface area contributed by atoms with Gasteiger partial charge in [0.1, 0.15) is 5.75 Å². The van der Waals surface area contributed by atoms with Crippen molar-refractivity contribution in [3.63, 3.8) is 0 Å². The molecule has 0 saturated heterocycles. The largest absolute Gasteiger partial charge is 0.496 e. The van der Waals surface area contributed by atoms with Crippen LogP contribution < -0.4 is 10.5 Å². The SMILES string of the molecule is COc1ccc(Cl)cc1CN(C)CCOCCN.Cl. The minimum atomic E-state index is 0. The maximum absolute atomic E-state index is 5.99. The molecule has 0 aliphatic carbocycles. The van der Waals surface area contributed by atoms with E-state index >= 15 is 0 Å². The molecule has 2 N–H and O–H groups in total. The zero-order valence-corrected chi connectivity index (χ0v) is 13.0. The summed E-state index contributed by atoms with van der Waals surface area (Å²) in [5, 5.41) is 0.721. The van der Waals surface area contributed by atoms with Gasteiger partial charge in [-0.25, -0.2) is 0 Å². The standard InChI is InChI=1S/C13H21ClN2O2.ClH/c1-16(6-8-18-7-5-15)10-11-9-12(14)3-4-13(11)17-2;/h3-4,9H,5-8,10,15H2,1-2H3;1H. The van der Waals surface area contributed by atoms with Crippen molar-refractivity contribution in [2.24, 2.45) is 5.73 Å². The highest BCUT2D eigenvalue weighted by molar-refractivity contribution is 6.30. The molecule has 0 radical (unpaired) electrons. The van der Waals surface area contributed by atoms with E-state index in [2.05, 4.69) is 4.90 Å². The van der Waals surface area contributed by atoms with Crippen LogP contribution in [0.25, 0.3) is 0 Å². The van der Waals surface area contributed by atoms with Gasteiger partial charge in [-0.1, -0.05) is 11.6 Å². The van der Waals surface area contributed by atoms with Crippen molar-refractivity contribution >= 4 is 24.0 Å². The summed E-state index contributed by atoms with van der Waals surface area (Å²) in [6, 6.07) is 5.64. The smallest absolute Gasteiger partial charge is 0.123 e. The number of methoxy groups -OCH3 is 1. The Kier molecular flexibility index (Phi) is 10.0. The lowest BCUT2D eigenvalue weighted by Gasteiger charge is -2.18. The predicted octanol–water partition coefficient (Wildman–Crippen LogP) is 2.18. The number of hydrogen-bond donors (Lipinski definition) is 1. The third kappa shape index (κ3) is 6.99. The molecular weight excluding hydrogens is 287 g/mol. The zero-order chi connectivity index (χ0) is 13.4. The van der Waals surface area contributed by atoms with Gasteiger partial charge in [-0.3, -0.25) is 4.90 Å². The first kappa shape index (κ1) is 18.5. The fourth-order valence-corrected chi connectivity index (χ4v) is 1.84. The summed E-state index contributed by atoms with van der Waals surface area (Å²) < 4.78 is 10.7. The van der Waals surface area contributed by atoms with Gasteiger partial charge >= 0.3 is 0 Å². The number of hydrogen-bond acceptors (Lipinski definition) is 4. The van der Waals surface area contributed by atoms with Crippen LogP contribution >= 0.6 is 24.0 Å². The summed E-state index contributed by atoms with van der Waals surface area (Å²) in [6.45, 7) is 3.46. The summed E-state index contributed by atoms with van der Waals surface area (Å²) in [5.41, 5.74) is 6.43. The topological polar surface area (TPSA) is 47.7 Å². The second kappa shape index (κ2) is 10.3. The van der Waals surface area contributed by atoms with Crippen LogP contribution in [0.5, 0.6) is 5.75 Å². The van der Waals surface area contributed by atoms with E-state index in [9.17, 15) is 0 Å². The van der Waals surface area contributed by atoms with Gasteiger partial charge in [-0.05, 0) is 25.2 Å². The van der Waals surface area contributed by atoms with Gasteiger partial charge in [0, 0.05) is 30.2 Å². The minimum absolute atomic E-state index is 0. The molecule has 110 valence electrons. The van der Waals surface area contributed by atoms with E-state index < -0.39 is 0 Å². The van der Waals surface area contributed by atoms with Crippen LogP contribution in [0.15, 0.2) is 18.2 Å². The highest BCUT2D eigenvalue weighted by atomic mass is 35.5. The first-order valence-corrected chi connectivity index (χ1v) is 6.34. The van der Waals surface area contributed by atoms with E-state index in [4.69, 9.17) is 26.8 Å². The van der Waals surface area contributed by atoms with Gasteiger partial charge in [0.2, 0.25) is 0 Å². The number of ether oxygens (including phenoxy) is 2. The molecule has 6 heteroatoms. The van der Waals surface area contributed by atoms with E-state index in [1.54, 1.807) is 7.11 Å². The second-order valence-electron chi connectivity index (χ2n) is 4.09. The first-order chi connectivity index (χ1) is 8.67. The second-order valence-corrected chi connectivity index (χ2v) is 4.53. The minimum Gasteiger partial charge on any atom is -0.496 e. The molecule has 1 aromatic carbocycles. The van der Waals surface area contributed by atoms with Gasteiger partial charge in [-0.2, -0.15) is 0 Å². The molecule has 0 amide bonds. The lowest BCUT2D eigenvalue weighted by molar-refractivity contribution is 0.115. The van der Waals surface area contributed by atoms with Crippen molar-refractivity contribution < 1.29 is 9.47 Å². The highest BCUT2D eigenvalue weighted by Gasteiger charge is 2.07. The van der Waals surface area contributed by atoms with Crippen LogP contribution in [-0.2, 0) is 11.3 Å². The average molecular weight is 309 g/mol. The Morgan fingerprint density at radius 2 is 2.05 bits per heavy atom. The number of nitrogens with two attached hydrogens (primary N) is 1. The quantitative estimate of drug-likeness (QED) is 0.748. The van der Waals surface area contributed by atoms with E-state index in [1.807, 2.05) is 25.2 Å². The van der Waals surface area contributed by atoms with Crippen LogP contribution in [0.2, 0.25) is 5.02 Å². The van der Waals surface area contributed by atoms with Gasteiger partial charge < -0.3 is 15.2 Å². The monoisotopic (exact) mass is 308 g/mol. The molecule has 0 aromatic heterocycles. The number of halogens is 2. The molecule has 0 spiro atoms. The lowest BCUT2D eigenvalue weighted by atomic mass is 10.2. The number of rotatable bonds is 8. The molecule has 0 aliphatic rings. The molecule has 0 aliphatic heterocycles. The predicted molar refractivity (Wildman–Crippen MR) is 81.5 cm³/mol. The normalized spacial score (nSPS) is 10.4. The summed E-state index contributed by atoms with van der Waals surface area (Å²) in [7, 11) is 3.70. The highest BCUT2D eigenvalue weighted by Crippen LogP contribution is 2.23. The Bertz CT molecular complexity index is 364. The maximum Gasteiger partial charge on any atom is 0.123 e. The molecule has 0 bridgehead atoms. The summed E-state index contributed by atoms with van der Waals surface area (Å²) in [6.07, 6.45) is 0. The molecule has 0 heterocycles. The lowest BCUT2D eigenvalue weighted by Crippen LogP contribution is -2.24. The van der Waals surface area contributed by atoms with Crippen molar-refractivity contribution in [2.75, 3.05) is 40.5 Å². The molecular formula is C13H22Cl2N2O2. The van der Waals surface area contributed by atoms with E-state index in [0.717, 1.165) is 29.4 Å².